The third kappa shape index (κ3) is 2.85. The van der Waals surface area contributed by atoms with Crippen LogP contribution in [-0.2, 0) is 4.79 Å². The van der Waals surface area contributed by atoms with Gasteiger partial charge in [-0.2, -0.15) is 0 Å². The normalized spacial score (nSPS) is 12.4. The van der Waals surface area contributed by atoms with E-state index in [9.17, 15) is 4.79 Å². The third-order valence-corrected chi connectivity index (χ3v) is 1.78. The molecule has 0 aliphatic heterocycles. The number of rotatable bonds is 4. The molecule has 0 amide bonds. The molecule has 0 saturated heterocycles. The number of hydrogen-bond acceptors (Lipinski definition) is 3. The first kappa shape index (κ1) is 9.70. The predicted molar refractivity (Wildman–Crippen MR) is 48.8 cm³/mol. The van der Waals surface area contributed by atoms with E-state index < -0.39 is 5.97 Å². The summed E-state index contributed by atoms with van der Waals surface area (Å²) in [7, 11) is 0. The molecule has 1 aromatic rings. The molecule has 1 rings (SSSR count). The Morgan fingerprint density at radius 2 is 2.08 bits per heavy atom. The van der Waals surface area contributed by atoms with Crippen molar-refractivity contribution in [1.82, 2.24) is 5.43 Å². The van der Waals surface area contributed by atoms with Crippen LogP contribution in [-0.4, -0.2) is 11.1 Å². The van der Waals surface area contributed by atoms with Crippen molar-refractivity contribution in [3.63, 3.8) is 0 Å². The molecular weight excluding hydrogens is 168 g/mol. The summed E-state index contributed by atoms with van der Waals surface area (Å²) < 4.78 is 0. The van der Waals surface area contributed by atoms with Gasteiger partial charge in [0, 0.05) is 0 Å². The lowest BCUT2D eigenvalue weighted by Crippen LogP contribution is -2.29. The number of hydrogen-bond donors (Lipinski definition) is 3. The highest BCUT2D eigenvalue weighted by Crippen LogP contribution is 2.14. The number of nitrogens with one attached hydrogen (secondary N) is 1. The molecule has 0 saturated carbocycles. The van der Waals surface area contributed by atoms with E-state index >= 15 is 0 Å². The average molecular weight is 180 g/mol. The van der Waals surface area contributed by atoms with Crippen LogP contribution in [0.5, 0.6) is 0 Å². The van der Waals surface area contributed by atoms with E-state index in [0.29, 0.717) is 0 Å². The first-order valence-corrected chi connectivity index (χ1v) is 3.97. The number of carbonyl (C=O) groups is 1. The quantitative estimate of drug-likeness (QED) is 0.470. The molecule has 0 aliphatic rings. The van der Waals surface area contributed by atoms with E-state index in [4.69, 9.17) is 10.9 Å². The second kappa shape index (κ2) is 4.59. The Morgan fingerprint density at radius 1 is 1.46 bits per heavy atom. The lowest BCUT2D eigenvalue weighted by Gasteiger charge is -2.13. The fourth-order valence-corrected chi connectivity index (χ4v) is 1.13. The van der Waals surface area contributed by atoms with Crippen molar-refractivity contribution in [1.29, 1.82) is 0 Å². The zero-order valence-electron chi connectivity index (χ0n) is 7.10. The highest BCUT2D eigenvalue weighted by molar-refractivity contribution is 5.67. The fourth-order valence-electron chi connectivity index (χ4n) is 1.13. The molecule has 0 radical (unpaired) electrons. The van der Waals surface area contributed by atoms with Gasteiger partial charge < -0.3 is 5.11 Å². The number of carboxylic acids is 1. The maximum absolute atomic E-state index is 10.4. The Bertz CT molecular complexity index is 274. The van der Waals surface area contributed by atoms with Crippen molar-refractivity contribution in [3.8, 4) is 0 Å². The van der Waals surface area contributed by atoms with Crippen LogP contribution in [0.3, 0.4) is 0 Å². The number of aliphatic carboxylic acids is 1. The summed E-state index contributed by atoms with van der Waals surface area (Å²) in [6.45, 7) is 0. The molecule has 0 spiro atoms. The number of benzene rings is 1. The van der Waals surface area contributed by atoms with E-state index in [-0.39, 0.29) is 12.5 Å². The van der Waals surface area contributed by atoms with Gasteiger partial charge >= 0.3 is 5.97 Å². The van der Waals surface area contributed by atoms with E-state index in [0.717, 1.165) is 5.56 Å². The standard InChI is InChI=1S/C9H12N2O2/c10-11-8(6-9(12)13)7-4-2-1-3-5-7/h1-5,8,11H,6,10H2,(H,12,13)/t8-/m0/s1. The molecule has 70 valence electrons. The van der Waals surface area contributed by atoms with E-state index in [1.54, 1.807) is 0 Å². The summed E-state index contributed by atoms with van der Waals surface area (Å²) in [6, 6.07) is 8.93. The van der Waals surface area contributed by atoms with Crippen molar-refractivity contribution in [3.05, 3.63) is 35.9 Å². The summed E-state index contributed by atoms with van der Waals surface area (Å²) in [5.41, 5.74) is 3.35. The SMILES string of the molecule is NN[C@@H](CC(=O)O)c1ccccc1. The molecule has 0 heterocycles. The molecule has 0 bridgehead atoms. The van der Waals surface area contributed by atoms with Gasteiger partial charge in [0.05, 0.1) is 12.5 Å². The fraction of sp³-hybridized carbons (Fsp3) is 0.222. The summed E-state index contributed by atoms with van der Waals surface area (Å²) in [4.78, 5) is 10.4. The van der Waals surface area contributed by atoms with Crippen molar-refractivity contribution in [2.75, 3.05) is 0 Å². The van der Waals surface area contributed by atoms with Crippen LogP contribution in [0.4, 0.5) is 0 Å². The average Bonchev–Trinajstić information content (AvgIpc) is 2.15. The van der Waals surface area contributed by atoms with Gasteiger partial charge in [0.25, 0.3) is 0 Å². The van der Waals surface area contributed by atoms with Gasteiger partial charge in [0.2, 0.25) is 0 Å². The summed E-state index contributed by atoms with van der Waals surface area (Å²) in [6.07, 6.45) is -0.0134. The minimum atomic E-state index is -0.869. The van der Waals surface area contributed by atoms with Gasteiger partial charge in [-0.05, 0) is 5.56 Å². The highest BCUT2D eigenvalue weighted by atomic mass is 16.4. The van der Waals surface area contributed by atoms with Crippen LogP contribution in [0.15, 0.2) is 30.3 Å². The maximum Gasteiger partial charge on any atom is 0.305 e. The molecule has 4 nitrogen and oxygen atoms in total. The zero-order valence-corrected chi connectivity index (χ0v) is 7.10. The predicted octanol–water partition coefficient (Wildman–Crippen LogP) is 0.666. The minimum absolute atomic E-state index is 0.0134. The smallest absolute Gasteiger partial charge is 0.305 e. The maximum atomic E-state index is 10.4. The van der Waals surface area contributed by atoms with Gasteiger partial charge in [-0.1, -0.05) is 30.3 Å². The summed E-state index contributed by atoms with van der Waals surface area (Å²) in [5, 5.41) is 8.58. The zero-order chi connectivity index (χ0) is 9.68. The Balaban J connectivity index is 2.73. The molecule has 0 fully saturated rings. The number of nitrogens with two attached hydrogens (primary N) is 1. The molecular formula is C9H12N2O2. The van der Waals surface area contributed by atoms with Gasteiger partial charge in [-0.25, -0.2) is 0 Å². The second-order valence-corrected chi connectivity index (χ2v) is 2.73. The third-order valence-electron chi connectivity index (χ3n) is 1.78. The number of carboxylic acid groups (broad SMARTS) is 1. The van der Waals surface area contributed by atoms with E-state index in [1.807, 2.05) is 30.3 Å². The van der Waals surface area contributed by atoms with Crippen molar-refractivity contribution >= 4 is 5.97 Å². The van der Waals surface area contributed by atoms with Crippen LogP contribution >= 0.6 is 0 Å². The summed E-state index contributed by atoms with van der Waals surface area (Å²) >= 11 is 0. The van der Waals surface area contributed by atoms with Crippen LogP contribution in [0.2, 0.25) is 0 Å². The van der Waals surface area contributed by atoms with Crippen LogP contribution in [0, 0.1) is 0 Å². The first-order chi connectivity index (χ1) is 6.24. The largest absolute Gasteiger partial charge is 0.481 e. The Kier molecular flexibility index (Phi) is 3.42. The molecule has 1 atom stereocenters. The van der Waals surface area contributed by atoms with Gasteiger partial charge in [0.15, 0.2) is 0 Å². The van der Waals surface area contributed by atoms with Crippen LogP contribution in [0.25, 0.3) is 0 Å². The highest BCUT2D eigenvalue weighted by Gasteiger charge is 2.12. The second-order valence-electron chi connectivity index (χ2n) is 2.73. The van der Waals surface area contributed by atoms with Gasteiger partial charge in [-0.3, -0.25) is 16.1 Å². The minimum Gasteiger partial charge on any atom is -0.481 e. The van der Waals surface area contributed by atoms with Gasteiger partial charge in [-0.15, -0.1) is 0 Å². The van der Waals surface area contributed by atoms with Crippen molar-refractivity contribution in [2.45, 2.75) is 12.5 Å². The number of hydrazine groups is 1. The topological polar surface area (TPSA) is 75.3 Å². The first-order valence-electron chi connectivity index (χ1n) is 3.97. The molecule has 13 heavy (non-hydrogen) atoms. The summed E-state index contributed by atoms with van der Waals surface area (Å²) in [5.74, 6) is 4.37. The van der Waals surface area contributed by atoms with Crippen molar-refractivity contribution in [2.24, 2.45) is 5.84 Å². The lowest BCUT2D eigenvalue weighted by molar-refractivity contribution is -0.137. The monoisotopic (exact) mass is 180 g/mol. The Hall–Kier alpha value is -1.39. The molecule has 0 aliphatic carbocycles. The molecule has 1 aromatic carbocycles. The van der Waals surface area contributed by atoms with E-state index in [1.165, 1.54) is 0 Å². The molecule has 0 aromatic heterocycles. The molecule has 4 N–H and O–H groups in total. The Morgan fingerprint density at radius 3 is 2.54 bits per heavy atom. The van der Waals surface area contributed by atoms with Crippen LogP contribution in [0.1, 0.15) is 18.0 Å². The molecule has 4 heteroatoms. The lowest BCUT2D eigenvalue weighted by atomic mass is 10.1. The van der Waals surface area contributed by atoms with Gasteiger partial charge in [0.1, 0.15) is 0 Å². The van der Waals surface area contributed by atoms with Crippen molar-refractivity contribution < 1.29 is 9.90 Å². The molecule has 0 unspecified atom stereocenters. The Labute approximate surface area is 76.3 Å². The van der Waals surface area contributed by atoms with E-state index in [2.05, 4.69) is 5.43 Å². The van der Waals surface area contributed by atoms with Crippen LogP contribution < -0.4 is 11.3 Å².